The van der Waals surface area contributed by atoms with Crippen molar-refractivity contribution >= 4 is 34.6 Å². The highest BCUT2D eigenvalue weighted by Gasteiger charge is 2.26. The van der Waals surface area contributed by atoms with E-state index < -0.39 is 0 Å². The standard InChI is InChI=1S/C27H28Cl2N4O2/c1-17-14-22-23(29)16-25(19-9-11-20(28)12-10-19)31-27(22)26(15-17)33-35-13-5-7-21-6-4-8-24(30-21)18(2)32-34-3/h4,6,8-12,16-17H,5,7,13-15H2,1-3H3/b32-18+,33-26+. The molecule has 0 amide bonds. The quantitative estimate of drug-likeness (QED) is 0.190. The molecule has 0 bridgehead atoms. The zero-order valence-corrected chi connectivity index (χ0v) is 21.6. The summed E-state index contributed by atoms with van der Waals surface area (Å²) in [6.07, 6.45) is 3.23. The molecule has 1 aliphatic carbocycles. The van der Waals surface area contributed by atoms with E-state index >= 15 is 0 Å². The minimum atomic E-state index is 0.412. The van der Waals surface area contributed by atoms with Crippen molar-refractivity contribution < 1.29 is 9.68 Å². The lowest BCUT2D eigenvalue weighted by molar-refractivity contribution is 0.140. The molecule has 0 fully saturated rings. The second-order valence-corrected chi connectivity index (χ2v) is 9.53. The minimum absolute atomic E-state index is 0.412. The van der Waals surface area contributed by atoms with E-state index in [-0.39, 0.29) is 0 Å². The molecule has 0 spiro atoms. The Morgan fingerprint density at radius 3 is 2.66 bits per heavy atom. The highest BCUT2D eigenvalue weighted by Crippen LogP contribution is 2.33. The largest absolute Gasteiger partial charge is 0.399 e. The molecular weight excluding hydrogens is 483 g/mol. The van der Waals surface area contributed by atoms with Gasteiger partial charge in [0.05, 0.1) is 17.1 Å². The normalized spacial score (nSPS) is 16.8. The van der Waals surface area contributed by atoms with Crippen molar-refractivity contribution in [1.29, 1.82) is 0 Å². The molecule has 1 atom stereocenters. The Morgan fingerprint density at radius 1 is 1.09 bits per heavy atom. The fraction of sp³-hybridized carbons (Fsp3) is 0.333. The van der Waals surface area contributed by atoms with Gasteiger partial charge in [0.2, 0.25) is 0 Å². The van der Waals surface area contributed by atoms with Gasteiger partial charge >= 0.3 is 0 Å². The number of benzene rings is 1. The lowest BCUT2D eigenvalue weighted by atomic mass is 9.86. The number of aryl methyl sites for hydroxylation is 1. The topological polar surface area (TPSA) is 69.0 Å². The molecule has 2 aromatic heterocycles. The van der Waals surface area contributed by atoms with E-state index in [9.17, 15) is 0 Å². The number of hydrogen-bond acceptors (Lipinski definition) is 6. The summed E-state index contributed by atoms with van der Waals surface area (Å²) in [6.45, 7) is 4.54. The molecule has 1 aliphatic rings. The van der Waals surface area contributed by atoms with Gasteiger partial charge in [0, 0.05) is 21.3 Å². The van der Waals surface area contributed by atoms with Gasteiger partial charge in [-0.25, -0.2) is 4.98 Å². The lowest BCUT2D eigenvalue weighted by Crippen LogP contribution is -2.21. The third-order valence-corrected chi connectivity index (χ3v) is 6.42. The monoisotopic (exact) mass is 510 g/mol. The van der Waals surface area contributed by atoms with E-state index in [0.29, 0.717) is 22.6 Å². The molecule has 3 aromatic rings. The molecule has 0 radical (unpaired) electrons. The van der Waals surface area contributed by atoms with Crippen molar-refractivity contribution in [2.24, 2.45) is 16.2 Å². The molecule has 4 rings (SSSR count). The van der Waals surface area contributed by atoms with Gasteiger partial charge in [0.25, 0.3) is 0 Å². The molecule has 1 aromatic carbocycles. The Hall–Kier alpha value is -2.96. The smallest absolute Gasteiger partial charge is 0.117 e. The first-order valence-electron chi connectivity index (χ1n) is 11.6. The van der Waals surface area contributed by atoms with Crippen LogP contribution in [0.5, 0.6) is 0 Å². The van der Waals surface area contributed by atoms with Crippen LogP contribution in [0, 0.1) is 5.92 Å². The first-order chi connectivity index (χ1) is 16.9. The first-order valence-corrected chi connectivity index (χ1v) is 12.4. The predicted molar refractivity (Wildman–Crippen MR) is 141 cm³/mol. The van der Waals surface area contributed by atoms with Crippen LogP contribution in [0.2, 0.25) is 10.0 Å². The van der Waals surface area contributed by atoms with Gasteiger partial charge in [-0.05, 0) is 74.4 Å². The fourth-order valence-corrected chi connectivity index (χ4v) is 4.51. The van der Waals surface area contributed by atoms with E-state index in [1.165, 1.54) is 7.11 Å². The van der Waals surface area contributed by atoms with E-state index in [1.54, 1.807) is 0 Å². The van der Waals surface area contributed by atoms with Gasteiger partial charge < -0.3 is 9.68 Å². The van der Waals surface area contributed by atoms with Crippen LogP contribution < -0.4 is 0 Å². The number of nitrogens with zero attached hydrogens (tertiary/aromatic N) is 4. The predicted octanol–water partition coefficient (Wildman–Crippen LogP) is 6.76. The fourth-order valence-electron chi connectivity index (χ4n) is 4.12. The summed E-state index contributed by atoms with van der Waals surface area (Å²) in [5.41, 5.74) is 6.96. The van der Waals surface area contributed by atoms with Crippen molar-refractivity contribution in [2.75, 3.05) is 13.7 Å². The van der Waals surface area contributed by atoms with Gasteiger partial charge in [-0.2, -0.15) is 0 Å². The van der Waals surface area contributed by atoms with Crippen molar-refractivity contribution in [3.05, 3.63) is 81.2 Å². The molecule has 0 saturated carbocycles. The molecule has 1 unspecified atom stereocenters. The van der Waals surface area contributed by atoms with Gasteiger partial charge in [-0.1, -0.05) is 58.6 Å². The second-order valence-electron chi connectivity index (χ2n) is 8.68. The number of halogens is 2. The van der Waals surface area contributed by atoms with Crippen LogP contribution in [0.25, 0.3) is 11.3 Å². The van der Waals surface area contributed by atoms with Gasteiger partial charge in [0.15, 0.2) is 0 Å². The van der Waals surface area contributed by atoms with Crippen LogP contribution in [0.1, 0.15) is 49.3 Å². The summed E-state index contributed by atoms with van der Waals surface area (Å²) in [4.78, 5) is 20.1. The molecule has 6 nitrogen and oxygen atoms in total. The third kappa shape index (κ3) is 6.38. The average molecular weight is 511 g/mol. The number of oxime groups is 2. The van der Waals surface area contributed by atoms with Crippen LogP contribution in [0.15, 0.2) is 58.8 Å². The van der Waals surface area contributed by atoms with Crippen molar-refractivity contribution in [3.63, 3.8) is 0 Å². The van der Waals surface area contributed by atoms with Gasteiger partial charge in [-0.3, -0.25) is 4.98 Å². The Balaban J connectivity index is 1.45. The number of hydrogen-bond donors (Lipinski definition) is 0. The Bertz CT molecular complexity index is 1240. The highest BCUT2D eigenvalue weighted by molar-refractivity contribution is 6.32. The summed E-state index contributed by atoms with van der Waals surface area (Å²) >= 11 is 12.7. The third-order valence-electron chi connectivity index (χ3n) is 5.83. The van der Waals surface area contributed by atoms with Crippen LogP contribution >= 0.6 is 23.2 Å². The summed E-state index contributed by atoms with van der Waals surface area (Å²) < 4.78 is 0. The molecule has 0 N–H and O–H groups in total. The van der Waals surface area contributed by atoms with E-state index in [2.05, 4.69) is 22.2 Å². The maximum atomic E-state index is 6.68. The van der Waals surface area contributed by atoms with Crippen LogP contribution in [-0.2, 0) is 22.5 Å². The highest BCUT2D eigenvalue weighted by atomic mass is 35.5. The van der Waals surface area contributed by atoms with E-state index in [0.717, 1.165) is 71.0 Å². The summed E-state index contributed by atoms with van der Waals surface area (Å²) in [5, 5.41) is 9.82. The first kappa shape index (κ1) is 25.1. The van der Waals surface area contributed by atoms with Gasteiger partial charge in [0.1, 0.15) is 25.1 Å². The molecule has 35 heavy (non-hydrogen) atoms. The summed E-state index contributed by atoms with van der Waals surface area (Å²) in [5.74, 6) is 0.412. The van der Waals surface area contributed by atoms with Crippen molar-refractivity contribution in [1.82, 2.24) is 9.97 Å². The SMILES string of the molecule is CO/N=C(\C)c1cccc(CCCO/N=C2\CC(C)Cc3c(Cl)cc(-c4ccc(Cl)cc4)nc32)n1. The minimum Gasteiger partial charge on any atom is -0.399 e. The van der Waals surface area contributed by atoms with Crippen LogP contribution in [-0.4, -0.2) is 35.1 Å². The van der Waals surface area contributed by atoms with Crippen molar-refractivity contribution in [2.45, 2.75) is 39.5 Å². The zero-order chi connectivity index (χ0) is 24.8. The molecule has 2 heterocycles. The van der Waals surface area contributed by atoms with E-state index in [4.69, 9.17) is 37.9 Å². The number of aromatic nitrogens is 2. The molecular formula is C27H28Cl2N4O2. The molecule has 0 saturated heterocycles. The van der Waals surface area contributed by atoms with Gasteiger partial charge in [-0.15, -0.1) is 0 Å². The van der Waals surface area contributed by atoms with Crippen LogP contribution in [0.3, 0.4) is 0 Å². The number of pyridine rings is 2. The number of rotatable bonds is 8. The Morgan fingerprint density at radius 2 is 1.89 bits per heavy atom. The lowest BCUT2D eigenvalue weighted by Gasteiger charge is -2.23. The molecule has 0 aliphatic heterocycles. The van der Waals surface area contributed by atoms with Crippen LogP contribution in [0.4, 0.5) is 0 Å². The Kier molecular flexibility index (Phi) is 8.37. The maximum absolute atomic E-state index is 6.68. The summed E-state index contributed by atoms with van der Waals surface area (Å²) in [7, 11) is 1.53. The number of fused-ring (bicyclic) bond motifs is 1. The maximum Gasteiger partial charge on any atom is 0.117 e. The molecule has 8 heteroatoms. The molecule has 182 valence electrons. The average Bonchev–Trinajstić information content (AvgIpc) is 2.85. The Labute approximate surface area is 216 Å². The zero-order valence-electron chi connectivity index (χ0n) is 20.1. The summed E-state index contributed by atoms with van der Waals surface area (Å²) in [6, 6.07) is 15.4. The van der Waals surface area contributed by atoms with E-state index in [1.807, 2.05) is 55.5 Å². The van der Waals surface area contributed by atoms with Crippen molar-refractivity contribution in [3.8, 4) is 11.3 Å². The second kappa shape index (κ2) is 11.6.